The molecule has 76 valence electrons. The van der Waals surface area contributed by atoms with Crippen LogP contribution in [0.5, 0.6) is 0 Å². The molecule has 1 heterocycles. The number of hydrogen-bond acceptors (Lipinski definition) is 4. The Morgan fingerprint density at radius 2 is 2.43 bits per heavy atom. The molecule has 0 aromatic heterocycles. The topological polar surface area (TPSA) is 64.7 Å². The zero-order valence-electron chi connectivity index (χ0n) is 7.98. The first-order chi connectivity index (χ1) is 6.81. The van der Waals surface area contributed by atoms with Gasteiger partial charge in [0.2, 0.25) is 0 Å². The summed E-state index contributed by atoms with van der Waals surface area (Å²) >= 11 is 0. The lowest BCUT2D eigenvalue weighted by Gasteiger charge is -2.18. The lowest BCUT2D eigenvalue weighted by atomic mass is 10.1. The first-order valence-electron chi connectivity index (χ1n) is 4.92. The van der Waals surface area contributed by atoms with Gasteiger partial charge in [0.25, 0.3) is 0 Å². The van der Waals surface area contributed by atoms with Gasteiger partial charge in [0.15, 0.2) is 6.29 Å². The standard InChI is InChI=1S/C10H14N2O2/c11-5-7-3-10(14-9-1-2-9)4-8(6-13)12-7/h4,6-7,9H,1-3,5,11H2. The van der Waals surface area contributed by atoms with Crippen LogP contribution in [0, 0.1) is 0 Å². The SMILES string of the molecule is NCC1CC(OC2CC2)=CC(C=O)=N1. The van der Waals surface area contributed by atoms with Crippen LogP contribution in [0.2, 0.25) is 0 Å². The van der Waals surface area contributed by atoms with Crippen LogP contribution in [-0.4, -0.2) is 30.7 Å². The molecule has 2 rings (SSSR count). The van der Waals surface area contributed by atoms with Crippen molar-refractivity contribution in [2.75, 3.05) is 6.54 Å². The normalized spacial score (nSPS) is 26.5. The number of dihydropyridines is 1. The van der Waals surface area contributed by atoms with Crippen molar-refractivity contribution in [1.29, 1.82) is 0 Å². The van der Waals surface area contributed by atoms with Crippen molar-refractivity contribution in [2.24, 2.45) is 10.7 Å². The number of carbonyl (C=O) groups excluding carboxylic acids is 1. The molecular weight excluding hydrogens is 180 g/mol. The van der Waals surface area contributed by atoms with Gasteiger partial charge in [-0.1, -0.05) is 0 Å². The summed E-state index contributed by atoms with van der Waals surface area (Å²) < 4.78 is 5.63. The smallest absolute Gasteiger partial charge is 0.168 e. The number of nitrogens with zero attached hydrogens (tertiary/aromatic N) is 1. The number of rotatable bonds is 4. The molecule has 1 unspecified atom stereocenters. The van der Waals surface area contributed by atoms with Gasteiger partial charge in [-0.05, 0) is 12.8 Å². The summed E-state index contributed by atoms with van der Waals surface area (Å²) in [5, 5.41) is 0. The molecule has 0 spiro atoms. The first-order valence-corrected chi connectivity index (χ1v) is 4.92. The first kappa shape index (κ1) is 9.40. The summed E-state index contributed by atoms with van der Waals surface area (Å²) in [7, 11) is 0. The molecule has 1 atom stereocenters. The highest BCUT2D eigenvalue weighted by Crippen LogP contribution is 2.28. The zero-order chi connectivity index (χ0) is 9.97. The van der Waals surface area contributed by atoms with Crippen LogP contribution in [0.25, 0.3) is 0 Å². The van der Waals surface area contributed by atoms with E-state index in [2.05, 4.69) is 4.99 Å². The van der Waals surface area contributed by atoms with Crippen LogP contribution in [0.3, 0.4) is 0 Å². The van der Waals surface area contributed by atoms with Crippen LogP contribution < -0.4 is 5.73 Å². The highest BCUT2D eigenvalue weighted by Gasteiger charge is 2.26. The van der Waals surface area contributed by atoms with E-state index in [-0.39, 0.29) is 6.04 Å². The van der Waals surface area contributed by atoms with Crippen molar-refractivity contribution in [3.8, 4) is 0 Å². The van der Waals surface area contributed by atoms with Gasteiger partial charge in [0.05, 0.1) is 12.1 Å². The van der Waals surface area contributed by atoms with Crippen LogP contribution in [0.15, 0.2) is 16.8 Å². The van der Waals surface area contributed by atoms with E-state index < -0.39 is 0 Å². The lowest BCUT2D eigenvalue weighted by molar-refractivity contribution is -0.102. The van der Waals surface area contributed by atoms with Gasteiger partial charge in [0, 0.05) is 19.0 Å². The molecule has 2 aliphatic rings. The summed E-state index contributed by atoms with van der Waals surface area (Å²) in [4.78, 5) is 14.8. The van der Waals surface area contributed by atoms with Gasteiger partial charge in [-0.25, -0.2) is 0 Å². The maximum atomic E-state index is 10.6. The van der Waals surface area contributed by atoms with Crippen molar-refractivity contribution in [2.45, 2.75) is 31.4 Å². The van der Waals surface area contributed by atoms with E-state index in [1.807, 2.05) is 0 Å². The van der Waals surface area contributed by atoms with Gasteiger partial charge in [-0.15, -0.1) is 0 Å². The van der Waals surface area contributed by atoms with Crippen molar-refractivity contribution in [1.82, 2.24) is 0 Å². The Bertz CT molecular complexity index is 292. The van der Waals surface area contributed by atoms with Gasteiger partial charge < -0.3 is 10.5 Å². The van der Waals surface area contributed by atoms with Gasteiger partial charge >= 0.3 is 0 Å². The van der Waals surface area contributed by atoms with Crippen LogP contribution in [0.1, 0.15) is 19.3 Å². The zero-order valence-corrected chi connectivity index (χ0v) is 7.98. The van der Waals surface area contributed by atoms with Crippen LogP contribution >= 0.6 is 0 Å². The lowest BCUT2D eigenvalue weighted by Crippen LogP contribution is -2.24. The van der Waals surface area contributed by atoms with Crippen molar-refractivity contribution < 1.29 is 9.53 Å². The molecule has 0 radical (unpaired) electrons. The molecule has 0 aromatic carbocycles. The average Bonchev–Trinajstić information content (AvgIpc) is 3.01. The number of carbonyl (C=O) groups is 1. The fourth-order valence-corrected chi connectivity index (χ4v) is 1.43. The van der Waals surface area contributed by atoms with Gasteiger partial charge in [-0.3, -0.25) is 9.79 Å². The van der Waals surface area contributed by atoms with Crippen molar-refractivity contribution in [3.05, 3.63) is 11.8 Å². The minimum absolute atomic E-state index is 0.00829. The quantitative estimate of drug-likeness (QED) is 0.660. The second kappa shape index (κ2) is 3.92. The minimum atomic E-state index is 0.00829. The molecule has 2 N–H and O–H groups in total. The highest BCUT2D eigenvalue weighted by molar-refractivity contribution is 6.34. The largest absolute Gasteiger partial charge is 0.495 e. The molecule has 0 bridgehead atoms. The van der Waals surface area contributed by atoms with Crippen molar-refractivity contribution in [3.63, 3.8) is 0 Å². The summed E-state index contributed by atoms with van der Waals surface area (Å²) in [6.07, 6.45) is 5.81. The molecule has 0 saturated heterocycles. The second-order valence-corrected chi connectivity index (χ2v) is 3.69. The average molecular weight is 194 g/mol. The predicted octanol–water partition coefficient (Wildman–Crippen LogP) is 0.420. The Labute approximate surface area is 82.8 Å². The fraction of sp³-hybridized carbons (Fsp3) is 0.600. The number of hydrogen-bond donors (Lipinski definition) is 1. The van der Waals surface area contributed by atoms with E-state index in [1.54, 1.807) is 6.08 Å². The minimum Gasteiger partial charge on any atom is -0.495 e. The van der Waals surface area contributed by atoms with Gasteiger partial charge in [0.1, 0.15) is 11.5 Å². The number of nitrogens with two attached hydrogens (primary N) is 1. The molecule has 1 aliphatic carbocycles. The summed E-state index contributed by atoms with van der Waals surface area (Å²) in [6.45, 7) is 0.461. The van der Waals surface area contributed by atoms with E-state index >= 15 is 0 Å². The fourth-order valence-electron chi connectivity index (χ4n) is 1.43. The Morgan fingerprint density at radius 3 is 3.00 bits per heavy atom. The van der Waals surface area contributed by atoms with E-state index in [1.165, 1.54) is 0 Å². The predicted molar refractivity (Wildman–Crippen MR) is 53.1 cm³/mol. The molecule has 4 heteroatoms. The molecule has 1 saturated carbocycles. The summed E-state index contributed by atoms with van der Waals surface area (Å²) in [6, 6.07) is 0.00829. The second-order valence-electron chi connectivity index (χ2n) is 3.69. The van der Waals surface area contributed by atoms with Gasteiger partial charge in [-0.2, -0.15) is 0 Å². The third-order valence-electron chi connectivity index (χ3n) is 2.31. The van der Waals surface area contributed by atoms with Crippen LogP contribution in [-0.2, 0) is 9.53 Å². The van der Waals surface area contributed by atoms with Crippen LogP contribution in [0.4, 0.5) is 0 Å². The molecule has 4 nitrogen and oxygen atoms in total. The maximum Gasteiger partial charge on any atom is 0.168 e. The van der Waals surface area contributed by atoms with E-state index in [0.717, 1.165) is 31.3 Å². The number of aliphatic imine (C=N–C) groups is 1. The molecule has 1 aliphatic heterocycles. The third-order valence-corrected chi connectivity index (χ3v) is 2.31. The Kier molecular flexibility index (Phi) is 2.63. The Balaban J connectivity index is 2.04. The molecular formula is C10H14N2O2. The van der Waals surface area contributed by atoms with E-state index in [0.29, 0.717) is 18.4 Å². The molecule has 0 aromatic rings. The van der Waals surface area contributed by atoms with E-state index in [4.69, 9.17) is 10.5 Å². The molecule has 0 amide bonds. The monoisotopic (exact) mass is 194 g/mol. The number of ether oxygens (including phenoxy) is 1. The van der Waals surface area contributed by atoms with E-state index in [9.17, 15) is 4.79 Å². The van der Waals surface area contributed by atoms with Crippen molar-refractivity contribution >= 4 is 12.0 Å². The summed E-state index contributed by atoms with van der Waals surface area (Å²) in [5.74, 6) is 0.861. The summed E-state index contributed by atoms with van der Waals surface area (Å²) in [5.41, 5.74) is 5.97. The maximum absolute atomic E-state index is 10.6. The third kappa shape index (κ3) is 2.20. The number of aldehydes is 1. The Morgan fingerprint density at radius 1 is 1.64 bits per heavy atom. The molecule has 1 fully saturated rings. The molecule has 14 heavy (non-hydrogen) atoms. The highest BCUT2D eigenvalue weighted by atomic mass is 16.5. The Hall–Kier alpha value is -1.16. The number of allylic oxidation sites excluding steroid dienone is 1.